The maximum atomic E-state index is 12.7. The van der Waals surface area contributed by atoms with Gasteiger partial charge in [-0.05, 0) is 55.7 Å². The number of hydrogen-bond acceptors (Lipinski definition) is 3. The molecule has 1 aliphatic carbocycles. The van der Waals surface area contributed by atoms with Crippen molar-refractivity contribution >= 4 is 23.2 Å². The molecule has 1 unspecified atom stereocenters. The Morgan fingerprint density at radius 2 is 1.62 bits per heavy atom. The number of nitrogens with one attached hydrogen (secondary N) is 2. The van der Waals surface area contributed by atoms with Crippen LogP contribution < -0.4 is 10.6 Å². The lowest BCUT2D eigenvalue weighted by atomic mass is 10.2. The van der Waals surface area contributed by atoms with Crippen molar-refractivity contribution in [3.8, 4) is 0 Å². The lowest BCUT2D eigenvalue weighted by Crippen LogP contribution is -2.31. The molecule has 2 amide bonds. The molecule has 1 saturated carbocycles. The Morgan fingerprint density at radius 3 is 2.31 bits per heavy atom. The zero-order chi connectivity index (χ0) is 17.9. The summed E-state index contributed by atoms with van der Waals surface area (Å²) in [4.78, 5) is 26.4. The predicted molar refractivity (Wildman–Crippen MR) is 102 cm³/mol. The molecule has 5 nitrogen and oxygen atoms in total. The van der Waals surface area contributed by atoms with E-state index in [1.807, 2.05) is 47.4 Å². The number of nitrogens with zero attached hydrogens (tertiary/aromatic N) is 1. The molecule has 2 N–H and O–H groups in total. The SMILES string of the molecule is O=C(Nc1ccc(C(=O)N2CCC(Nc3ccccc3)C2)cc1)C1CC1. The van der Waals surface area contributed by atoms with E-state index in [-0.39, 0.29) is 23.8 Å². The molecule has 2 aromatic rings. The van der Waals surface area contributed by atoms with E-state index in [1.54, 1.807) is 12.1 Å². The zero-order valence-electron chi connectivity index (χ0n) is 14.7. The van der Waals surface area contributed by atoms with E-state index in [0.29, 0.717) is 12.1 Å². The minimum atomic E-state index is 0.0439. The Balaban J connectivity index is 1.33. The van der Waals surface area contributed by atoms with Gasteiger partial charge in [-0.3, -0.25) is 9.59 Å². The molecule has 0 spiro atoms. The van der Waals surface area contributed by atoms with Crippen LogP contribution >= 0.6 is 0 Å². The third kappa shape index (κ3) is 3.87. The van der Waals surface area contributed by atoms with E-state index in [4.69, 9.17) is 0 Å². The molecule has 5 heteroatoms. The average Bonchev–Trinajstić information content (AvgIpc) is 3.42. The average molecular weight is 349 g/mol. The maximum Gasteiger partial charge on any atom is 0.253 e. The second kappa shape index (κ2) is 7.20. The second-order valence-corrected chi connectivity index (χ2v) is 7.09. The summed E-state index contributed by atoms with van der Waals surface area (Å²) in [7, 11) is 0. The highest BCUT2D eigenvalue weighted by Crippen LogP contribution is 2.30. The normalized spacial score (nSPS) is 19.2. The molecule has 2 aromatic carbocycles. The first-order valence-corrected chi connectivity index (χ1v) is 9.21. The molecule has 26 heavy (non-hydrogen) atoms. The molecule has 2 aliphatic rings. The lowest BCUT2D eigenvalue weighted by molar-refractivity contribution is -0.117. The third-order valence-corrected chi connectivity index (χ3v) is 4.97. The monoisotopic (exact) mass is 349 g/mol. The van der Waals surface area contributed by atoms with Gasteiger partial charge in [-0.1, -0.05) is 18.2 Å². The lowest BCUT2D eigenvalue weighted by Gasteiger charge is -2.18. The standard InChI is InChI=1S/C21H23N3O2/c25-20(15-6-7-15)23-18-10-8-16(9-11-18)21(26)24-13-12-19(14-24)22-17-4-2-1-3-5-17/h1-5,8-11,15,19,22H,6-7,12-14H2,(H,23,25). The molecule has 1 aliphatic heterocycles. The Labute approximate surface area is 153 Å². The Kier molecular flexibility index (Phi) is 4.61. The van der Waals surface area contributed by atoms with Gasteiger partial charge in [-0.2, -0.15) is 0 Å². The minimum absolute atomic E-state index is 0.0439. The van der Waals surface area contributed by atoms with Crippen molar-refractivity contribution in [2.24, 2.45) is 5.92 Å². The molecule has 0 aromatic heterocycles. The number of carbonyl (C=O) groups excluding carboxylic acids is 2. The van der Waals surface area contributed by atoms with E-state index in [1.165, 1.54) is 0 Å². The predicted octanol–water partition coefficient (Wildman–Crippen LogP) is 3.36. The van der Waals surface area contributed by atoms with Crippen LogP contribution in [0.1, 0.15) is 29.6 Å². The van der Waals surface area contributed by atoms with Gasteiger partial charge in [-0.15, -0.1) is 0 Å². The van der Waals surface area contributed by atoms with E-state index < -0.39 is 0 Å². The summed E-state index contributed by atoms with van der Waals surface area (Å²) in [5, 5.41) is 6.38. The van der Waals surface area contributed by atoms with Crippen molar-refractivity contribution in [1.29, 1.82) is 0 Å². The van der Waals surface area contributed by atoms with Crippen LogP contribution in [0.5, 0.6) is 0 Å². The topological polar surface area (TPSA) is 61.4 Å². The van der Waals surface area contributed by atoms with E-state index in [9.17, 15) is 9.59 Å². The van der Waals surface area contributed by atoms with Crippen LogP contribution in [0, 0.1) is 5.92 Å². The number of para-hydroxylation sites is 1. The molecular weight excluding hydrogens is 326 g/mol. The van der Waals surface area contributed by atoms with Crippen molar-refractivity contribution < 1.29 is 9.59 Å². The summed E-state index contributed by atoms with van der Waals surface area (Å²) in [5.74, 6) is 0.302. The fraction of sp³-hybridized carbons (Fsp3) is 0.333. The summed E-state index contributed by atoms with van der Waals surface area (Å²) in [5.41, 5.74) is 2.50. The van der Waals surface area contributed by atoms with Crippen molar-refractivity contribution in [1.82, 2.24) is 4.90 Å². The Morgan fingerprint density at radius 1 is 0.885 bits per heavy atom. The van der Waals surface area contributed by atoms with Crippen LogP contribution in [-0.4, -0.2) is 35.8 Å². The maximum absolute atomic E-state index is 12.7. The van der Waals surface area contributed by atoms with Crippen molar-refractivity contribution in [2.75, 3.05) is 23.7 Å². The fourth-order valence-electron chi connectivity index (χ4n) is 3.30. The summed E-state index contributed by atoms with van der Waals surface area (Å²) in [6, 6.07) is 17.6. The van der Waals surface area contributed by atoms with Gasteiger partial charge in [0.1, 0.15) is 0 Å². The van der Waals surface area contributed by atoms with E-state index in [2.05, 4.69) is 10.6 Å². The van der Waals surface area contributed by atoms with Gasteiger partial charge in [0, 0.05) is 42.0 Å². The largest absolute Gasteiger partial charge is 0.380 e. The first kappa shape index (κ1) is 16.6. The van der Waals surface area contributed by atoms with Crippen LogP contribution in [0.4, 0.5) is 11.4 Å². The molecule has 0 bridgehead atoms. The molecule has 134 valence electrons. The molecule has 1 atom stereocenters. The fourth-order valence-corrected chi connectivity index (χ4v) is 3.30. The highest BCUT2D eigenvalue weighted by atomic mass is 16.2. The van der Waals surface area contributed by atoms with Crippen LogP contribution in [0.2, 0.25) is 0 Å². The first-order valence-electron chi connectivity index (χ1n) is 9.21. The van der Waals surface area contributed by atoms with Gasteiger partial charge in [0.15, 0.2) is 0 Å². The van der Waals surface area contributed by atoms with Crippen LogP contribution in [-0.2, 0) is 4.79 Å². The van der Waals surface area contributed by atoms with Crippen molar-refractivity contribution in [3.63, 3.8) is 0 Å². The smallest absolute Gasteiger partial charge is 0.253 e. The van der Waals surface area contributed by atoms with Crippen LogP contribution in [0.25, 0.3) is 0 Å². The third-order valence-electron chi connectivity index (χ3n) is 4.97. The minimum Gasteiger partial charge on any atom is -0.380 e. The van der Waals surface area contributed by atoms with Gasteiger partial charge >= 0.3 is 0 Å². The molecule has 2 fully saturated rings. The zero-order valence-corrected chi connectivity index (χ0v) is 14.7. The van der Waals surface area contributed by atoms with Crippen LogP contribution in [0.3, 0.4) is 0 Å². The van der Waals surface area contributed by atoms with Gasteiger partial charge in [0.05, 0.1) is 0 Å². The molecule has 4 rings (SSSR count). The summed E-state index contributed by atoms with van der Waals surface area (Å²) in [6.07, 6.45) is 2.90. The molecule has 1 saturated heterocycles. The number of benzene rings is 2. The summed E-state index contributed by atoms with van der Waals surface area (Å²) in [6.45, 7) is 1.46. The van der Waals surface area contributed by atoms with Crippen LogP contribution in [0.15, 0.2) is 54.6 Å². The summed E-state index contributed by atoms with van der Waals surface area (Å²) >= 11 is 0. The number of anilines is 2. The number of rotatable bonds is 5. The second-order valence-electron chi connectivity index (χ2n) is 7.09. The molecular formula is C21H23N3O2. The Hall–Kier alpha value is -2.82. The number of carbonyl (C=O) groups is 2. The Bertz CT molecular complexity index is 785. The van der Waals surface area contributed by atoms with Gasteiger partial charge in [0.2, 0.25) is 5.91 Å². The highest BCUT2D eigenvalue weighted by Gasteiger charge is 2.30. The van der Waals surface area contributed by atoms with Gasteiger partial charge < -0.3 is 15.5 Å². The number of amides is 2. The molecule has 1 heterocycles. The van der Waals surface area contributed by atoms with Gasteiger partial charge in [-0.25, -0.2) is 0 Å². The van der Waals surface area contributed by atoms with E-state index >= 15 is 0 Å². The molecule has 0 radical (unpaired) electrons. The van der Waals surface area contributed by atoms with Crippen molar-refractivity contribution in [3.05, 3.63) is 60.2 Å². The van der Waals surface area contributed by atoms with Crippen molar-refractivity contribution in [2.45, 2.75) is 25.3 Å². The number of likely N-dealkylation sites (tertiary alicyclic amines) is 1. The summed E-state index contributed by atoms with van der Waals surface area (Å²) < 4.78 is 0. The number of hydrogen-bond donors (Lipinski definition) is 2. The first-order chi connectivity index (χ1) is 12.7. The highest BCUT2D eigenvalue weighted by molar-refractivity contribution is 5.97. The van der Waals surface area contributed by atoms with E-state index in [0.717, 1.165) is 37.2 Å². The quantitative estimate of drug-likeness (QED) is 0.870. The van der Waals surface area contributed by atoms with Gasteiger partial charge in [0.25, 0.3) is 5.91 Å².